The molecule has 2 aromatic rings. The van der Waals surface area contributed by atoms with Gasteiger partial charge < -0.3 is 9.42 Å². The smallest absolute Gasteiger partial charge is 0.256 e. The summed E-state index contributed by atoms with van der Waals surface area (Å²) >= 11 is 1.54. The Labute approximate surface area is 141 Å². The quantitative estimate of drug-likeness (QED) is 0.720. The third kappa shape index (κ3) is 4.34. The summed E-state index contributed by atoms with van der Waals surface area (Å²) in [4.78, 5) is 18.8. The Balaban J connectivity index is 2.13. The van der Waals surface area contributed by atoms with Crippen molar-refractivity contribution in [3.05, 3.63) is 40.9 Å². The van der Waals surface area contributed by atoms with Crippen LogP contribution in [0.15, 0.2) is 27.9 Å². The lowest BCUT2D eigenvalue weighted by Gasteiger charge is -2.18. The van der Waals surface area contributed by atoms with E-state index < -0.39 is 0 Å². The zero-order chi connectivity index (χ0) is 16.8. The highest BCUT2D eigenvalue weighted by Gasteiger charge is 2.18. The molecule has 124 valence electrons. The summed E-state index contributed by atoms with van der Waals surface area (Å²) in [6, 6.07) is 3.65. The first kappa shape index (κ1) is 17.5. The number of thioether (sulfide) groups is 1. The van der Waals surface area contributed by atoms with Gasteiger partial charge in [0.1, 0.15) is 10.8 Å². The number of pyridine rings is 1. The van der Waals surface area contributed by atoms with E-state index in [0.29, 0.717) is 11.3 Å². The van der Waals surface area contributed by atoms with Crippen molar-refractivity contribution in [1.82, 2.24) is 15.0 Å². The Hall–Kier alpha value is -1.82. The van der Waals surface area contributed by atoms with Crippen LogP contribution in [0.4, 0.5) is 0 Å². The second kappa shape index (κ2) is 8.15. The number of nitrogens with zero attached hydrogens (tertiary/aromatic N) is 3. The fourth-order valence-corrected chi connectivity index (χ4v) is 3.36. The molecule has 0 aromatic carbocycles. The van der Waals surface area contributed by atoms with Gasteiger partial charge in [-0.3, -0.25) is 4.79 Å². The highest BCUT2D eigenvalue weighted by molar-refractivity contribution is 7.98. The Bertz CT molecular complexity index is 650. The molecule has 0 atom stereocenters. The maximum Gasteiger partial charge on any atom is 0.256 e. The van der Waals surface area contributed by atoms with Crippen LogP contribution >= 0.6 is 11.8 Å². The summed E-state index contributed by atoms with van der Waals surface area (Å²) < 4.78 is 5.19. The van der Waals surface area contributed by atoms with Crippen LogP contribution in [0.1, 0.15) is 47.1 Å². The number of unbranched alkanes of at least 4 members (excludes halogenated alkanes) is 1. The molecule has 0 unspecified atom stereocenters. The van der Waals surface area contributed by atoms with E-state index in [1.54, 1.807) is 28.9 Å². The van der Waals surface area contributed by atoms with Gasteiger partial charge in [0, 0.05) is 31.1 Å². The van der Waals surface area contributed by atoms with E-state index in [9.17, 15) is 4.79 Å². The fraction of sp³-hybridized carbons (Fsp3) is 0.471. The van der Waals surface area contributed by atoms with E-state index in [4.69, 9.17) is 4.52 Å². The summed E-state index contributed by atoms with van der Waals surface area (Å²) in [5, 5.41) is 4.71. The van der Waals surface area contributed by atoms with Crippen LogP contribution in [0.5, 0.6) is 0 Å². The van der Waals surface area contributed by atoms with Gasteiger partial charge in [0.05, 0.1) is 11.3 Å². The van der Waals surface area contributed by atoms with Gasteiger partial charge >= 0.3 is 0 Å². The maximum atomic E-state index is 12.6. The fourth-order valence-electron chi connectivity index (χ4n) is 2.22. The average Bonchev–Trinajstić information content (AvgIpc) is 2.88. The zero-order valence-electron chi connectivity index (χ0n) is 14.1. The molecule has 2 aromatic heterocycles. The van der Waals surface area contributed by atoms with Gasteiger partial charge in [0.2, 0.25) is 0 Å². The minimum Gasteiger partial charge on any atom is -0.361 e. The van der Waals surface area contributed by atoms with Crippen molar-refractivity contribution in [2.75, 3.05) is 13.6 Å². The molecule has 2 heterocycles. The standard InChI is InChI=1S/C17H23N3O2S/c1-5-6-10-20(4)17(21)14-8-7-9-18-16(14)23-11-15-12(2)19-22-13(15)3/h7-9H,5-6,10-11H2,1-4H3. The van der Waals surface area contributed by atoms with Gasteiger partial charge in [-0.05, 0) is 32.4 Å². The van der Waals surface area contributed by atoms with Crippen LogP contribution in [-0.4, -0.2) is 34.5 Å². The van der Waals surface area contributed by atoms with Crippen LogP contribution in [0, 0.1) is 13.8 Å². The van der Waals surface area contributed by atoms with Crippen LogP contribution in [0.2, 0.25) is 0 Å². The van der Waals surface area contributed by atoms with Crippen molar-refractivity contribution in [2.45, 2.75) is 44.4 Å². The molecule has 0 N–H and O–H groups in total. The summed E-state index contributed by atoms with van der Waals surface area (Å²) in [6.45, 7) is 6.71. The molecular formula is C17H23N3O2S. The number of hydrogen-bond acceptors (Lipinski definition) is 5. The predicted molar refractivity (Wildman–Crippen MR) is 91.6 cm³/mol. The normalized spacial score (nSPS) is 10.8. The molecule has 6 heteroatoms. The molecule has 0 saturated carbocycles. The van der Waals surface area contributed by atoms with E-state index >= 15 is 0 Å². The summed E-state index contributed by atoms with van der Waals surface area (Å²) in [5.41, 5.74) is 2.61. The van der Waals surface area contributed by atoms with Crippen molar-refractivity contribution in [3.63, 3.8) is 0 Å². The number of aryl methyl sites for hydroxylation is 2. The van der Waals surface area contributed by atoms with Crippen molar-refractivity contribution < 1.29 is 9.32 Å². The van der Waals surface area contributed by atoms with Gasteiger partial charge in [-0.1, -0.05) is 18.5 Å². The number of hydrogen-bond donors (Lipinski definition) is 0. The third-order valence-electron chi connectivity index (χ3n) is 3.73. The molecule has 0 aliphatic heterocycles. The van der Waals surface area contributed by atoms with Crippen molar-refractivity contribution >= 4 is 17.7 Å². The van der Waals surface area contributed by atoms with Gasteiger partial charge in [-0.25, -0.2) is 4.98 Å². The van der Waals surface area contributed by atoms with Crippen LogP contribution in [0.3, 0.4) is 0 Å². The summed E-state index contributed by atoms with van der Waals surface area (Å²) in [7, 11) is 1.84. The predicted octanol–water partition coefficient (Wildman–Crippen LogP) is 3.85. The first-order chi connectivity index (χ1) is 11.0. The van der Waals surface area contributed by atoms with E-state index in [1.807, 2.05) is 27.0 Å². The lowest BCUT2D eigenvalue weighted by atomic mass is 10.2. The largest absolute Gasteiger partial charge is 0.361 e. The van der Waals surface area contributed by atoms with E-state index in [2.05, 4.69) is 17.1 Å². The molecule has 0 spiro atoms. The first-order valence-corrected chi connectivity index (χ1v) is 8.78. The van der Waals surface area contributed by atoms with E-state index in [1.165, 1.54) is 0 Å². The monoisotopic (exact) mass is 333 g/mol. The first-order valence-electron chi connectivity index (χ1n) is 7.79. The molecule has 0 bridgehead atoms. The Morgan fingerprint density at radius 3 is 2.83 bits per heavy atom. The number of carbonyl (C=O) groups is 1. The molecular weight excluding hydrogens is 310 g/mol. The number of carbonyl (C=O) groups excluding carboxylic acids is 1. The van der Waals surface area contributed by atoms with Crippen LogP contribution in [-0.2, 0) is 5.75 Å². The molecule has 5 nitrogen and oxygen atoms in total. The number of amides is 1. The van der Waals surface area contributed by atoms with E-state index in [-0.39, 0.29) is 5.91 Å². The van der Waals surface area contributed by atoms with Crippen molar-refractivity contribution in [1.29, 1.82) is 0 Å². The third-order valence-corrected chi connectivity index (χ3v) is 4.76. The maximum absolute atomic E-state index is 12.6. The molecule has 2 rings (SSSR count). The SMILES string of the molecule is CCCCN(C)C(=O)c1cccnc1SCc1c(C)noc1C. The molecule has 23 heavy (non-hydrogen) atoms. The molecule has 0 saturated heterocycles. The minimum absolute atomic E-state index is 0.0211. The zero-order valence-corrected chi connectivity index (χ0v) is 14.9. The van der Waals surface area contributed by atoms with Crippen molar-refractivity contribution in [3.8, 4) is 0 Å². The van der Waals surface area contributed by atoms with Crippen LogP contribution < -0.4 is 0 Å². The second-order valence-corrected chi connectivity index (χ2v) is 6.49. The number of aromatic nitrogens is 2. The Kier molecular flexibility index (Phi) is 6.21. The molecule has 0 fully saturated rings. The van der Waals surface area contributed by atoms with Gasteiger partial charge in [0.25, 0.3) is 5.91 Å². The van der Waals surface area contributed by atoms with Gasteiger partial charge in [-0.15, -0.1) is 11.8 Å². The topological polar surface area (TPSA) is 59.2 Å². The van der Waals surface area contributed by atoms with Crippen molar-refractivity contribution in [2.24, 2.45) is 0 Å². The number of rotatable bonds is 7. The summed E-state index contributed by atoms with van der Waals surface area (Å²) in [5.74, 6) is 1.53. The second-order valence-electron chi connectivity index (χ2n) is 5.53. The summed E-state index contributed by atoms with van der Waals surface area (Å²) in [6.07, 6.45) is 3.79. The van der Waals surface area contributed by atoms with Crippen LogP contribution in [0.25, 0.3) is 0 Å². The van der Waals surface area contributed by atoms with E-state index in [0.717, 1.165) is 41.4 Å². The Morgan fingerprint density at radius 2 is 2.17 bits per heavy atom. The molecule has 0 aliphatic carbocycles. The molecule has 1 amide bonds. The van der Waals surface area contributed by atoms with Gasteiger partial charge in [0.15, 0.2) is 0 Å². The lowest BCUT2D eigenvalue weighted by Crippen LogP contribution is -2.28. The lowest BCUT2D eigenvalue weighted by molar-refractivity contribution is 0.0789. The average molecular weight is 333 g/mol. The minimum atomic E-state index is 0.0211. The molecule has 0 radical (unpaired) electrons. The highest BCUT2D eigenvalue weighted by atomic mass is 32.2. The van der Waals surface area contributed by atoms with Gasteiger partial charge in [-0.2, -0.15) is 0 Å². The Morgan fingerprint density at radius 1 is 1.39 bits per heavy atom. The highest BCUT2D eigenvalue weighted by Crippen LogP contribution is 2.27. The molecule has 0 aliphatic rings.